The maximum atomic E-state index is 13.1. The summed E-state index contributed by atoms with van der Waals surface area (Å²) in [7, 11) is -10.0. The maximum absolute atomic E-state index is 13.1. The van der Waals surface area contributed by atoms with Crippen LogP contribution in [0.25, 0.3) is 0 Å². The van der Waals surface area contributed by atoms with E-state index < -0.39 is 97.5 Å². The van der Waals surface area contributed by atoms with Crippen molar-refractivity contribution in [2.75, 3.05) is 39.6 Å². The normalized spacial score (nSPS) is 15.1. The van der Waals surface area contributed by atoms with E-state index in [2.05, 4.69) is 186 Å². The Hall–Kier alpha value is -6.36. The third kappa shape index (κ3) is 72.0. The number of phosphoric ester groups is 2. The predicted octanol–water partition coefficient (Wildman–Crippen LogP) is 21.5. The number of esters is 4. The number of carbonyl (C=O) groups excluding carboxylic acids is 4. The van der Waals surface area contributed by atoms with Gasteiger partial charge in [0.2, 0.25) is 0 Å². The van der Waals surface area contributed by atoms with Crippen molar-refractivity contribution in [2.45, 2.75) is 251 Å². The van der Waals surface area contributed by atoms with Crippen molar-refractivity contribution < 1.29 is 80.2 Å². The first kappa shape index (κ1) is 95.6. The van der Waals surface area contributed by atoms with E-state index in [4.69, 9.17) is 37.0 Å². The third-order valence-corrected chi connectivity index (χ3v) is 16.2. The number of allylic oxidation sites excluding steroid dienone is 33. The van der Waals surface area contributed by atoms with E-state index in [1.54, 1.807) is 6.08 Å². The molecule has 0 fully saturated rings. The van der Waals surface area contributed by atoms with Crippen molar-refractivity contribution in [2.24, 2.45) is 0 Å². The summed E-state index contributed by atoms with van der Waals surface area (Å²) in [4.78, 5) is 72.7. The SMILES string of the molecule is CC/C=C\C/C=C\C/C=C\C/C=C\C/C=C\C/C=C\CCC(=O)OCC(COP(=O)(O)OCC(O)COP(=O)(O)OCC(COC(=O)C/C=C\C/C=C\C/C=C\C/C=C\C/C=C\CC)OC(=O)CCCCCCC/C=C\C/C=C\CCC)OC(=O)CCCC/C=C\C/C=C\C/C=C\C/C=C\CC. The highest BCUT2D eigenvalue weighted by atomic mass is 31.2. The second-order valence-corrected chi connectivity index (χ2v) is 26.7. The van der Waals surface area contributed by atoms with Gasteiger partial charge in [-0.2, -0.15) is 0 Å². The summed E-state index contributed by atoms with van der Waals surface area (Å²) < 4.78 is 68.1. The van der Waals surface area contributed by atoms with E-state index in [-0.39, 0.29) is 25.7 Å². The van der Waals surface area contributed by atoms with Gasteiger partial charge in [0, 0.05) is 19.3 Å². The number of hydrogen-bond donors (Lipinski definition) is 3. The molecule has 0 heterocycles. The van der Waals surface area contributed by atoms with Crippen LogP contribution in [0.2, 0.25) is 0 Å². The Labute approximate surface area is 614 Å². The largest absolute Gasteiger partial charge is 0.472 e. The molecule has 0 aliphatic carbocycles. The molecule has 0 aromatic carbocycles. The van der Waals surface area contributed by atoms with E-state index in [0.29, 0.717) is 38.5 Å². The first-order valence-corrected chi connectivity index (χ1v) is 40.3. The van der Waals surface area contributed by atoms with Crippen LogP contribution in [-0.2, 0) is 65.4 Å². The minimum absolute atomic E-state index is 0.0151. The molecule has 0 amide bonds. The number of carbonyl (C=O) groups is 4. The molecule has 17 nitrogen and oxygen atoms in total. The smallest absolute Gasteiger partial charge is 0.462 e. The molecule has 0 aromatic heterocycles. The van der Waals surface area contributed by atoms with Gasteiger partial charge in [-0.15, -0.1) is 0 Å². The van der Waals surface area contributed by atoms with Gasteiger partial charge in [0.25, 0.3) is 0 Å². The number of unbranched alkanes of at least 4 members (excludes halogenated alkanes) is 8. The van der Waals surface area contributed by atoms with Gasteiger partial charge in [0.15, 0.2) is 12.2 Å². The molecule has 0 aromatic rings. The highest BCUT2D eigenvalue weighted by Crippen LogP contribution is 2.45. The molecule has 19 heteroatoms. The molecule has 3 N–H and O–H groups in total. The van der Waals surface area contributed by atoms with Gasteiger partial charge in [0.05, 0.1) is 32.8 Å². The van der Waals surface area contributed by atoms with Crippen molar-refractivity contribution in [3.63, 3.8) is 0 Å². The Morgan fingerprint density at radius 2 is 0.569 bits per heavy atom. The fraction of sp³-hybridized carbons (Fsp3) is 0.542. The second kappa shape index (κ2) is 73.0. The quantitative estimate of drug-likeness (QED) is 0.0169. The van der Waals surface area contributed by atoms with Crippen molar-refractivity contribution >= 4 is 39.5 Å². The monoisotopic (exact) mass is 1460 g/mol. The topological polar surface area (TPSA) is 237 Å². The first-order chi connectivity index (χ1) is 49.7. The molecular weight excluding hydrogens is 1330 g/mol. The summed E-state index contributed by atoms with van der Waals surface area (Å²) in [6, 6.07) is 0. The van der Waals surface area contributed by atoms with Gasteiger partial charge in [-0.05, 0) is 154 Å². The Morgan fingerprint density at radius 1 is 0.294 bits per heavy atom. The van der Waals surface area contributed by atoms with Gasteiger partial charge >= 0.3 is 39.5 Å². The van der Waals surface area contributed by atoms with E-state index >= 15 is 0 Å². The molecule has 0 saturated carbocycles. The number of aliphatic hydroxyl groups excluding tert-OH is 1. The summed E-state index contributed by atoms with van der Waals surface area (Å²) >= 11 is 0. The highest BCUT2D eigenvalue weighted by Gasteiger charge is 2.30. The Morgan fingerprint density at radius 3 is 0.931 bits per heavy atom. The summed E-state index contributed by atoms with van der Waals surface area (Å²) in [5.74, 6) is -2.52. The third-order valence-electron chi connectivity index (χ3n) is 14.3. The van der Waals surface area contributed by atoms with Crippen LogP contribution in [0, 0.1) is 0 Å². The molecule has 0 bridgehead atoms. The van der Waals surface area contributed by atoms with Gasteiger partial charge in [0.1, 0.15) is 19.3 Å². The van der Waals surface area contributed by atoms with Crippen LogP contribution >= 0.6 is 15.6 Å². The molecule has 5 unspecified atom stereocenters. The van der Waals surface area contributed by atoms with Crippen molar-refractivity contribution in [3.8, 4) is 0 Å². The highest BCUT2D eigenvalue weighted by molar-refractivity contribution is 7.47. The van der Waals surface area contributed by atoms with Crippen LogP contribution in [0.4, 0.5) is 0 Å². The average molecular weight is 1460 g/mol. The van der Waals surface area contributed by atoms with Crippen LogP contribution in [0.5, 0.6) is 0 Å². The van der Waals surface area contributed by atoms with Crippen molar-refractivity contribution in [3.05, 3.63) is 207 Å². The molecule has 0 saturated heterocycles. The zero-order chi connectivity index (χ0) is 74.6. The summed E-state index contributed by atoms with van der Waals surface area (Å²) in [6.07, 6.45) is 90.2. The number of ether oxygens (including phenoxy) is 4. The number of aliphatic hydroxyl groups is 1. The number of phosphoric acid groups is 2. The molecule has 0 rings (SSSR count). The Balaban J connectivity index is 5.55. The van der Waals surface area contributed by atoms with Crippen LogP contribution < -0.4 is 0 Å². The van der Waals surface area contributed by atoms with Gasteiger partial charge in [-0.3, -0.25) is 37.3 Å². The van der Waals surface area contributed by atoms with Crippen LogP contribution in [0.15, 0.2) is 207 Å². The van der Waals surface area contributed by atoms with E-state index in [1.807, 2.05) is 42.5 Å². The lowest BCUT2D eigenvalue weighted by molar-refractivity contribution is -0.161. The lowest BCUT2D eigenvalue weighted by Gasteiger charge is -2.21. The summed E-state index contributed by atoms with van der Waals surface area (Å²) in [5, 5.41) is 10.6. The molecular formula is C83H128O17P2. The minimum Gasteiger partial charge on any atom is -0.462 e. The van der Waals surface area contributed by atoms with Crippen LogP contribution in [-0.4, -0.2) is 96.7 Å². The molecule has 0 radical (unpaired) electrons. The second-order valence-electron chi connectivity index (χ2n) is 23.8. The van der Waals surface area contributed by atoms with Gasteiger partial charge in [-0.1, -0.05) is 260 Å². The summed E-state index contributed by atoms with van der Waals surface area (Å²) in [6.45, 7) is 4.13. The fourth-order valence-corrected chi connectivity index (χ4v) is 10.3. The predicted molar refractivity (Wildman–Crippen MR) is 417 cm³/mol. The van der Waals surface area contributed by atoms with Crippen LogP contribution in [0.1, 0.15) is 233 Å². The van der Waals surface area contributed by atoms with Crippen molar-refractivity contribution in [1.82, 2.24) is 0 Å². The molecule has 572 valence electrons. The maximum Gasteiger partial charge on any atom is 0.472 e. The molecule has 5 atom stereocenters. The molecule has 0 aliphatic rings. The Kier molecular flexibility index (Phi) is 68.4. The van der Waals surface area contributed by atoms with Gasteiger partial charge in [-0.25, -0.2) is 9.13 Å². The number of hydrogen-bond acceptors (Lipinski definition) is 15. The lowest BCUT2D eigenvalue weighted by Crippen LogP contribution is -2.30. The summed E-state index contributed by atoms with van der Waals surface area (Å²) in [5.41, 5.74) is 0. The molecule has 0 aliphatic heterocycles. The lowest BCUT2D eigenvalue weighted by atomic mass is 10.1. The molecule has 102 heavy (non-hydrogen) atoms. The standard InChI is InChI=1S/C83H128O17P2/c1-5-9-13-17-21-25-29-33-36-37-38-39-42-45-48-52-56-60-64-68-81(86)94-74-79(100-83(88)70-66-62-58-54-50-46-41-35-31-27-23-19-15-11-7-3)76-98-102(91,92)96-72-77(84)71-95-101(89,90)97-75-78(99-82(87)69-65-61-57-53-49-43-32-28-24-20-16-12-8-4)73-93-80(85)67-63-59-55-51-47-44-40-34-30-26-22-18-14-10-6-2/h9-11,13-16,20-23,25-28,32-36,38-41,45,47-48,50-51,54,56,59-60,63,77-79,84H,5-8,12,17-19,24,29-31,37,42-44,46,49,52-53,55,57-58,61-62,64-76H2,1-4H3,(H,89,90)(H,91,92)/b13-9-,14-10-,15-11-,20-16-,25-21-,26-22-,27-23-,32-28-,36-33-,39-38-,40-34-,41-35-,48-45-,51-47-,54-50-,60-56-,63-59-. The van der Waals surface area contributed by atoms with Crippen LogP contribution in [0.3, 0.4) is 0 Å². The Bertz CT molecular complexity index is 2750. The fourth-order valence-electron chi connectivity index (χ4n) is 8.70. The average Bonchev–Trinajstić information content (AvgIpc) is 0.924. The number of rotatable bonds is 67. The first-order valence-electron chi connectivity index (χ1n) is 37.3. The van der Waals surface area contributed by atoms with E-state index in [1.165, 1.54) is 0 Å². The minimum atomic E-state index is -5.02. The van der Waals surface area contributed by atoms with Crippen molar-refractivity contribution in [1.29, 1.82) is 0 Å². The van der Waals surface area contributed by atoms with E-state index in [9.17, 15) is 43.2 Å². The van der Waals surface area contributed by atoms with Gasteiger partial charge < -0.3 is 33.8 Å². The zero-order valence-corrected chi connectivity index (χ0v) is 64.0. The molecule has 0 spiro atoms. The zero-order valence-electron chi connectivity index (χ0n) is 62.2. The van der Waals surface area contributed by atoms with E-state index in [0.717, 1.165) is 141 Å².